The summed E-state index contributed by atoms with van der Waals surface area (Å²) in [5, 5.41) is 10.3. The van der Waals surface area contributed by atoms with Gasteiger partial charge in [0.1, 0.15) is 16.7 Å². The van der Waals surface area contributed by atoms with Crippen molar-refractivity contribution in [2.24, 2.45) is 0 Å². The Morgan fingerprint density at radius 2 is 2.08 bits per heavy atom. The van der Waals surface area contributed by atoms with Crippen molar-refractivity contribution in [1.29, 1.82) is 0 Å². The third-order valence-electron chi connectivity index (χ3n) is 4.20. The van der Waals surface area contributed by atoms with Crippen LogP contribution in [0.1, 0.15) is 17.4 Å². The van der Waals surface area contributed by atoms with Gasteiger partial charge in [-0.05, 0) is 38.5 Å². The molecular weight excluding hydrogens is 324 g/mol. The molecule has 24 heavy (non-hydrogen) atoms. The number of likely N-dealkylation sites (N-methyl/N-ethyl adjacent to an activating group) is 1. The number of pyridine rings is 1. The average molecular weight is 342 g/mol. The quantitative estimate of drug-likeness (QED) is 0.784. The lowest BCUT2D eigenvalue weighted by molar-refractivity contribution is -0.138. The van der Waals surface area contributed by atoms with Crippen LogP contribution in [0, 0.1) is 13.8 Å². The predicted octanol–water partition coefficient (Wildman–Crippen LogP) is 3.28. The molecule has 0 radical (unpaired) electrons. The largest absolute Gasteiger partial charge is 0.480 e. The molecule has 3 heterocycles. The van der Waals surface area contributed by atoms with Crippen LogP contribution in [-0.2, 0) is 4.79 Å². The molecule has 0 aliphatic carbocycles. The Bertz CT molecular complexity index is 908. The standard InChI is InChI=1S/C17H18N4O2S/c1-9-11(3)24-16-13(9)15(21(4)10(2)17(22)23)19-14(20-16)12-6-5-7-18-8-12/h5-8,10H,1-4H3,(H,22,23). The molecule has 0 aliphatic rings. The van der Waals surface area contributed by atoms with E-state index in [0.29, 0.717) is 11.6 Å². The second kappa shape index (κ2) is 6.16. The van der Waals surface area contributed by atoms with E-state index in [4.69, 9.17) is 0 Å². The van der Waals surface area contributed by atoms with Gasteiger partial charge in [-0.1, -0.05) is 0 Å². The van der Waals surface area contributed by atoms with Crippen molar-refractivity contribution < 1.29 is 9.90 Å². The Kier molecular flexibility index (Phi) is 4.19. The Hall–Kier alpha value is -2.54. The number of carbonyl (C=O) groups is 1. The van der Waals surface area contributed by atoms with E-state index in [1.807, 2.05) is 26.0 Å². The molecule has 0 aromatic carbocycles. The van der Waals surface area contributed by atoms with Crippen LogP contribution in [0.4, 0.5) is 5.82 Å². The van der Waals surface area contributed by atoms with E-state index < -0.39 is 12.0 Å². The van der Waals surface area contributed by atoms with Crippen LogP contribution in [0.2, 0.25) is 0 Å². The van der Waals surface area contributed by atoms with Gasteiger partial charge in [-0.15, -0.1) is 11.3 Å². The lowest BCUT2D eigenvalue weighted by atomic mass is 10.1. The van der Waals surface area contributed by atoms with E-state index in [2.05, 4.69) is 15.0 Å². The Morgan fingerprint density at radius 1 is 1.33 bits per heavy atom. The summed E-state index contributed by atoms with van der Waals surface area (Å²) in [6.07, 6.45) is 3.40. The number of aryl methyl sites for hydroxylation is 2. The fourth-order valence-corrected chi connectivity index (χ4v) is 3.48. The highest BCUT2D eigenvalue weighted by molar-refractivity contribution is 7.18. The first-order chi connectivity index (χ1) is 11.4. The van der Waals surface area contributed by atoms with Gasteiger partial charge in [0, 0.05) is 29.9 Å². The van der Waals surface area contributed by atoms with E-state index in [9.17, 15) is 9.90 Å². The highest BCUT2D eigenvalue weighted by atomic mass is 32.1. The fraction of sp³-hybridized carbons (Fsp3) is 0.294. The van der Waals surface area contributed by atoms with Crippen molar-refractivity contribution in [3.8, 4) is 11.4 Å². The summed E-state index contributed by atoms with van der Waals surface area (Å²) >= 11 is 1.59. The number of thiophene rings is 1. The molecule has 0 saturated heterocycles. The van der Waals surface area contributed by atoms with E-state index in [-0.39, 0.29) is 0 Å². The fourth-order valence-electron chi connectivity index (χ4n) is 2.46. The number of hydrogen-bond acceptors (Lipinski definition) is 6. The van der Waals surface area contributed by atoms with E-state index in [1.165, 1.54) is 0 Å². The molecule has 3 aromatic heterocycles. The maximum atomic E-state index is 11.4. The van der Waals surface area contributed by atoms with Gasteiger partial charge in [0.25, 0.3) is 0 Å². The zero-order chi connectivity index (χ0) is 17.4. The number of hydrogen-bond donors (Lipinski definition) is 1. The molecule has 7 heteroatoms. The number of aliphatic carboxylic acids is 1. The zero-order valence-corrected chi connectivity index (χ0v) is 14.8. The van der Waals surface area contributed by atoms with Crippen molar-refractivity contribution in [3.05, 3.63) is 35.0 Å². The Balaban J connectivity index is 2.26. The number of fused-ring (bicyclic) bond motifs is 1. The molecule has 0 saturated carbocycles. The van der Waals surface area contributed by atoms with E-state index >= 15 is 0 Å². The smallest absolute Gasteiger partial charge is 0.326 e. The number of anilines is 1. The summed E-state index contributed by atoms with van der Waals surface area (Å²) in [6.45, 7) is 5.70. The number of nitrogens with zero attached hydrogens (tertiary/aromatic N) is 4. The van der Waals surface area contributed by atoms with Gasteiger partial charge in [0.2, 0.25) is 0 Å². The summed E-state index contributed by atoms with van der Waals surface area (Å²) in [4.78, 5) is 28.6. The van der Waals surface area contributed by atoms with Crippen molar-refractivity contribution in [1.82, 2.24) is 15.0 Å². The van der Waals surface area contributed by atoms with Crippen molar-refractivity contribution >= 4 is 33.3 Å². The third-order valence-corrected chi connectivity index (χ3v) is 5.30. The molecular formula is C17H18N4O2S. The summed E-state index contributed by atoms with van der Waals surface area (Å²) in [7, 11) is 1.75. The lowest BCUT2D eigenvalue weighted by Crippen LogP contribution is -2.36. The Morgan fingerprint density at radius 3 is 2.71 bits per heavy atom. The van der Waals surface area contributed by atoms with Gasteiger partial charge in [-0.25, -0.2) is 14.8 Å². The van der Waals surface area contributed by atoms with Crippen molar-refractivity contribution in [2.75, 3.05) is 11.9 Å². The topological polar surface area (TPSA) is 79.2 Å². The minimum Gasteiger partial charge on any atom is -0.480 e. The van der Waals surface area contributed by atoms with Crippen LogP contribution in [0.15, 0.2) is 24.5 Å². The molecule has 6 nitrogen and oxygen atoms in total. The van der Waals surface area contributed by atoms with Gasteiger partial charge < -0.3 is 10.0 Å². The van der Waals surface area contributed by atoms with Gasteiger partial charge in [0.05, 0.1) is 5.39 Å². The average Bonchev–Trinajstić information content (AvgIpc) is 2.87. The molecule has 1 N–H and O–H groups in total. The minimum atomic E-state index is -0.892. The van der Waals surface area contributed by atoms with E-state index in [0.717, 1.165) is 26.2 Å². The predicted molar refractivity (Wildman–Crippen MR) is 95.6 cm³/mol. The molecule has 3 rings (SSSR count). The number of aromatic nitrogens is 3. The SMILES string of the molecule is Cc1sc2nc(-c3cccnc3)nc(N(C)C(C)C(=O)O)c2c1C. The van der Waals surface area contributed by atoms with Gasteiger partial charge >= 0.3 is 5.97 Å². The maximum absolute atomic E-state index is 11.4. The van der Waals surface area contributed by atoms with E-state index in [1.54, 1.807) is 42.6 Å². The maximum Gasteiger partial charge on any atom is 0.326 e. The number of carboxylic acid groups (broad SMARTS) is 1. The first kappa shape index (κ1) is 16.3. The van der Waals surface area contributed by atoms with Crippen LogP contribution in [0.5, 0.6) is 0 Å². The van der Waals surface area contributed by atoms with Crippen LogP contribution < -0.4 is 4.90 Å². The number of carboxylic acids is 1. The van der Waals surface area contributed by atoms with Crippen LogP contribution >= 0.6 is 11.3 Å². The molecule has 0 aliphatic heterocycles. The van der Waals surface area contributed by atoms with Crippen molar-refractivity contribution in [2.45, 2.75) is 26.8 Å². The first-order valence-electron chi connectivity index (χ1n) is 7.54. The highest BCUT2D eigenvalue weighted by Gasteiger charge is 2.24. The second-order valence-electron chi connectivity index (χ2n) is 5.70. The molecule has 0 amide bonds. The molecule has 124 valence electrons. The molecule has 1 atom stereocenters. The Labute approximate surface area is 143 Å². The van der Waals surface area contributed by atoms with Gasteiger partial charge in [-0.2, -0.15) is 0 Å². The summed E-state index contributed by atoms with van der Waals surface area (Å²) in [5.74, 6) is 0.295. The van der Waals surface area contributed by atoms with Gasteiger partial charge in [-0.3, -0.25) is 4.98 Å². The third kappa shape index (κ3) is 2.71. The molecule has 3 aromatic rings. The van der Waals surface area contributed by atoms with Crippen LogP contribution in [0.3, 0.4) is 0 Å². The summed E-state index contributed by atoms with van der Waals surface area (Å²) in [6, 6.07) is 3.03. The van der Waals surface area contributed by atoms with Gasteiger partial charge in [0.15, 0.2) is 5.82 Å². The number of rotatable bonds is 4. The highest BCUT2D eigenvalue weighted by Crippen LogP contribution is 2.36. The monoisotopic (exact) mass is 342 g/mol. The summed E-state index contributed by atoms with van der Waals surface area (Å²) in [5.41, 5.74) is 1.90. The first-order valence-corrected chi connectivity index (χ1v) is 8.35. The van der Waals surface area contributed by atoms with Crippen LogP contribution in [-0.4, -0.2) is 39.1 Å². The zero-order valence-electron chi connectivity index (χ0n) is 13.9. The molecule has 0 spiro atoms. The molecule has 0 fully saturated rings. The lowest BCUT2D eigenvalue weighted by Gasteiger charge is -2.24. The van der Waals surface area contributed by atoms with Crippen LogP contribution in [0.25, 0.3) is 21.6 Å². The summed E-state index contributed by atoms with van der Waals surface area (Å²) < 4.78 is 0. The molecule has 0 bridgehead atoms. The second-order valence-corrected chi connectivity index (χ2v) is 6.90. The van der Waals surface area contributed by atoms with Crippen molar-refractivity contribution in [3.63, 3.8) is 0 Å². The minimum absolute atomic E-state index is 0.552. The molecule has 1 unspecified atom stereocenters. The normalized spacial score (nSPS) is 12.3.